The average molecular weight is 621 g/mol. The fraction of sp³-hybridized carbons (Fsp3) is 0.448. The van der Waals surface area contributed by atoms with Gasteiger partial charge in [0.15, 0.2) is 5.65 Å². The maximum Gasteiger partial charge on any atom is 0.573 e. The molecule has 0 spiro atoms. The van der Waals surface area contributed by atoms with E-state index >= 15 is 0 Å². The molecular formula is C29H36F4N8O3. The zero-order valence-electron chi connectivity index (χ0n) is 24.7. The first-order valence-corrected chi connectivity index (χ1v) is 14.0. The number of aromatic nitrogens is 3. The molecule has 1 aliphatic heterocycles. The van der Waals surface area contributed by atoms with E-state index in [-0.39, 0.29) is 23.1 Å². The lowest BCUT2D eigenvalue weighted by atomic mass is 9.89. The van der Waals surface area contributed by atoms with Gasteiger partial charge in [0, 0.05) is 60.4 Å². The largest absolute Gasteiger partial charge is 0.573 e. The molecule has 2 aromatic heterocycles. The SMILES string of the molecule is CC(C)(C)C(=O)N1CC(c2cc3cc(CCCCN(N)/C=C(\N)C(=O)NCc4cc(OC(F)(F)F)ccc4F)nnc3[nH]2)C1. The summed E-state index contributed by atoms with van der Waals surface area (Å²) in [6.07, 6.45) is -1.68. The van der Waals surface area contributed by atoms with Crippen molar-refractivity contribution in [3.8, 4) is 5.75 Å². The van der Waals surface area contributed by atoms with Crippen molar-refractivity contribution in [2.24, 2.45) is 17.0 Å². The fourth-order valence-electron chi connectivity index (χ4n) is 4.72. The zero-order chi connectivity index (χ0) is 32.2. The maximum atomic E-state index is 14.0. The summed E-state index contributed by atoms with van der Waals surface area (Å²) < 4.78 is 55.0. The Bertz CT molecular complexity index is 1530. The van der Waals surface area contributed by atoms with Crippen molar-refractivity contribution in [3.05, 3.63) is 65.0 Å². The number of carbonyl (C=O) groups excluding carboxylic acids is 2. The molecule has 15 heteroatoms. The van der Waals surface area contributed by atoms with Crippen LogP contribution in [0.3, 0.4) is 0 Å². The van der Waals surface area contributed by atoms with Crippen LogP contribution in [-0.2, 0) is 22.6 Å². The molecule has 3 aromatic rings. The van der Waals surface area contributed by atoms with Gasteiger partial charge in [-0.1, -0.05) is 20.8 Å². The summed E-state index contributed by atoms with van der Waals surface area (Å²) in [5, 5.41) is 13.1. The topological polar surface area (TPSA) is 155 Å². The van der Waals surface area contributed by atoms with Gasteiger partial charge in [0.2, 0.25) is 5.91 Å². The molecule has 0 unspecified atom stereocenters. The maximum absolute atomic E-state index is 14.0. The van der Waals surface area contributed by atoms with Gasteiger partial charge in [-0.25, -0.2) is 10.2 Å². The smallest absolute Gasteiger partial charge is 0.406 e. The summed E-state index contributed by atoms with van der Waals surface area (Å²) in [7, 11) is 0. The molecule has 0 bridgehead atoms. The Morgan fingerprint density at radius 1 is 1.16 bits per heavy atom. The van der Waals surface area contributed by atoms with Crippen LogP contribution < -0.4 is 21.6 Å². The van der Waals surface area contributed by atoms with Crippen molar-refractivity contribution >= 4 is 22.8 Å². The molecule has 2 amide bonds. The molecular weight excluding hydrogens is 584 g/mol. The summed E-state index contributed by atoms with van der Waals surface area (Å²) >= 11 is 0. The molecule has 11 nitrogen and oxygen atoms in total. The lowest BCUT2D eigenvalue weighted by Crippen LogP contribution is -2.52. The van der Waals surface area contributed by atoms with Gasteiger partial charge in [-0.2, -0.15) is 5.10 Å². The van der Waals surface area contributed by atoms with E-state index in [1.807, 2.05) is 31.7 Å². The molecule has 238 valence electrons. The number of hydrazine groups is 1. The van der Waals surface area contributed by atoms with Gasteiger partial charge in [-0.05, 0) is 49.6 Å². The summed E-state index contributed by atoms with van der Waals surface area (Å²) in [6, 6.07) is 6.52. The Labute approximate surface area is 251 Å². The van der Waals surface area contributed by atoms with Crippen molar-refractivity contribution < 1.29 is 31.9 Å². The van der Waals surface area contributed by atoms with Gasteiger partial charge in [0.05, 0.1) is 5.69 Å². The Balaban J connectivity index is 1.20. The number of nitrogens with two attached hydrogens (primary N) is 2. The Morgan fingerprint density at radius 2 is 1.89 bits per heavy atom. The molecule has 0 aliphatic carbocycles. The summed E-state index contributed by atoms with van der Waals surface area (Å²) in [5.74, 6) is 4.12. The quantitative estimate of drug-likeness (QED) is 0.0834. The highest BCUT2D eigenvalue weighted by Gasteiger charge is 2.37. The van der Waals surface area contributed by atoms with E-state index in [0.29, 0.717) is 38.1 Å². The minimum Gasteiger partial charge on any atom is -0.406 e. The lowest BCUT2D eigenvalue weighted by Gasteiger charge is -2.42. The number of aryl methyl sites for hydroxylation is 1. The van der Waals surface area contributed by atoms with Crippen LogP contribution in [0.4, 0.5) is 17.6 Å². The number of aromatic amines is 1. The second-order valence-corrected chi connectivity index (χ2v) is 11.8. The van der Waals surface area contributed by atoms with Gasteiger partial charge in [0.1, 0.15) is 17.3 Å². The number of nitrogens with one attached hydrogen (secondary N) is 2. The number of ether oxygens (including phenoxy) is 1. The van der Waals surface area contributed by atoms with Crippen molar-refractivity contribution in [2.75, 3.05) is 19.6 Å². The molecule has 1 fully saturated rings. The molecule has 1 aromatic carbocycles. The summed E-state index contributed by atoms with van der Waals surface area (Å²) in [5.41, 5.74) is 7.46. The molecule has 3 heterocycles. The number of nitrogens with zero attached hydrogens (tertiary/aromatic N) is 4. The number of unbranched alkanes of at least 4 members (excludes halogenated alkanes) is 1. The van der Waals surface area contributed by atoms with E-state index in [2.05, 4.69) is 31.3 Å². The first kappa shape index (κ1) is 32.5. The summed E-state index contributed by atoms with van der Waals surface area (Å²) in [4.78, 5) is 29.9. The van der Waals surface area contributed by atoms with Crippen LogP contribution in [0.25, 0.3) is 11.0 Å². The zero-order valence-corrected chi connectivity index (χ0v) is 24.7. The third-order valence-corrected chi connectivity index (χ3v) is 7.05. The molecule has 0 saturated carbocycles. The number of fused-ring (bicyclic) bond motifs is 1. The van der Waals surface area contributed by atoms with Crippen LogP contribution in [0.5, 0.6) is 5.75 Å². The van der Waals surface area contributed by atoms with Crippen LogP contribution >= 0.6 is 0 Å². The van der Waals surface area contributed by atoms with E-state index in [4.69, 9.17) is 11.6 Å². The predicted molar refractivity (Wildman–Crippen MR) is 154 cm³/mol. The number of benzene rings is 1. The van der Waals surface area contributed by atoms with Crippen LogP contribution in [0.15, 0.2) is 42.2 Å². The molecule has 6 N–H and O–H groups in total. The van der Waals surface area contributed by atoms with Crippen molar-refractivity contribution in [2.45, 2.75) is 58.9 Å². The van der Waals surface area contributed by atoms with Gasteiger partial charge in [-0.3, -0.25) is 9.59 Å². The molecule has 0 radical (unpaired) electrons. The second-order valence-electron chi connectivity index (χ2n) is 11.8. The fourth-order valence-corrected chi connectivity index (χ4v) is 4.72. The number of carbonyl (C=O) groups is 2. The first-order valence-electron chi connectivity index (χ1n) is 14.0. The van der Waals surface area contributed by atoms with Gasteiger partial charge in [-0.15, -0.1) is 18.3 Å². The van der Waals surface area contributed by atoms with E-state index in [9.17, 15) is 27.2 Å². The second kappa shape index (κ2) is 13.1. The molecule has 1 saturated heterocycles. The van der Waals surface area contributed by atoms with Crippen molar-refractivity contribution in [1.29, 1.82) is 0 Å². The average Bonchev–Trinajstić information content (AvgIpc) is 3.31. The number of alkyl halides is 3. The Hall–Kier alpha value is -4.40. The van der Waals surface area contributed by atoms with Gasteiger partial charge in [0.25, 0.3) is 5.91 Å². The monoisotopic (exact) mass is 620 g/mol. The molecule has 44 heavy (non-hydrogen) atoms. The minimum absolute atomic E-state index is 0.143. The number of H-pyrrole nitrogens is 1. The third kappa shape index (κ3) is 8.58. The van der Waals surface area contributed by atoms with Gasteiger partial charge >= 0.3 is 6.36 Å². The third-order valence-electron chi connectivity index (χ3n) is 7.05. The standard InChI is InChI=1S/C29H36F4N8O3/c1-28(2,3)27(43)40-14-19(15-40)24-12-17-10-20(38-39-25(17)37-24)6-4-5-9-41(35)16-23(34)26(42)36-13-18-11-21(7-8-22(18)30)44-29(31,32)33/h7-8,10-12,16,19H,4-6,9,13-15,34-35H2,1-3H3,(H,36,42)(H,37,39)/b23-16-. The lowest BCUT2D eigenvalue weighted by molar-refractivity contribution is -0.274. The number of rotatable bonds is 11. The molecule has 1 aliphatic rings. The van der Waals surface area contributed by atoms with Crippen LogP contribution in [0, 0.1) is 11.2 Å². The van der Waals surface area contributed by atoms with Crippen LogP contribution in [0.2, 0.25) is 0 Å². The molecule has 0 atom stereocenters. The van der Waals surface area contributed by atoms with Gasteiger partial charge < -0.3 is 30.7 Å². The number of hydrogen-bond acceptors (Lipinski definition) is 8. The number of hydrogen-bond donors (Lipinski definition) is 4. The highest BCUT2D eigenvalue weighted by molar-refractivity contribution is 5.92. The highest BCUT2D eigenvalue weighted by atomic mass is 19.4. The Morgan fingerprint density at radius 3 is 2.57 bits per heavy atom. The number of likely N-dealkylation sites (tertiary alicyclic amines) is 1. The Kier molecular flexibility index (Phi) is 9.66. The number of amides is 2. The minimum atomic E-state index is -4.93. The first-order chi connectivity index (χ1) is 20.6. The highest BCUT2D eigenvalue weighted by Crippen LogP contribution is 2.32. The van der Waals surface area contributed by atoms with Crippen molar-refractivity contribution in [3.63, 3.8) is 0 Å². The number of halogens is 4. The molecule has 4 rings (SSSR count). The van der Waals surface area contributed by atoms with Crippen LogP contribution in [0.1, 0.15) is 56.5 Å². The van der Waals surface area contributed by atoms with E-state index in [0.717, 1.165) is 41.4 Å². The normalized spacial score (nSPS) is 14.5. The van der Waals surface area contributed by atoms with Crippen molar-refractivity contribution in [1.82, 2.24) is 30.4 Å². The van der Waals surface area contributed by atoms with E-state index in [1.54, 1.807) is 0 Å². The van der Waals surface area contributed by atoms with Crippen LogP contribution in [-0.4, -0.2) is 62.9 Å². The predicted octanol–water partition coefficient (Wildman–Crippen LogP) is 3.58. The van der Waals surface area contributed by atoms with E-state index in [1.165, 1.54) is 11.2 Å². The van der Waals surface area contributed by atoms with E-state index < -0.39 is 35.8 Å². The summed E-state index contributed by atoms with van der Waals surface area (Å²) in [6.45, 7) is 7.05.